The molecule has 0 bridgehead atoms. The van der Waals surface area contributed by atoms with Gasteiger partial charge in [0.05, 0.1) is 6.61 Å². The molecule has 1 amide bonds. The lowest BCUT2D eigenvalue weighted by atomic mass is 9.93. The fraction of sp³-hybridized carbons (Fsp3) is 0.471. The zero-order chi connectivity index (χ0) is 14.2. The predicted octanol–water partition coefficient (Wildman–Crippen LogP) is 2.41. The molecule has 0 heterocycles. The molecule has 2 rings (SSSR count). The molecule has 0 saturated heterocycles. The summed E-state index contributed by atoms with van der Waals surface area (Å²) in [5.74, 6) is 0.293. The largest absolute Gasteiger partial charge is 0.395 e. The number of amides is 1. The Kier molecular flexibility index (Phi) is 5.81. The number of rotatable bonds is 6. The summed E-state index contributed by atoms with van der Waals surface area (Å²) in [5, 5.41) is 9.17. The van der Waals surface area contributed by atoms with Crippen molar-refractivity contribution in [2.75, 3.05) is 19.7 Å². The van der Waals surface area contributed by atoms with E-state index >= 15 is 0 Å². The maximum absolute atomic E-state index is 12.5. The Hall–Kier alpha value is -1.61. The first kappa shape index (κ1) is 14.8. The van der Waals surface area contributed by atoms with Crippen LogP contribution in [0.4, 0.5) is 0 Å². The lowest BCUT2D eigenvalue weighted by molar-refractivity contribution is -0.136. The van der Waals surface area contributed by atoms with E-state index < -0.39 is 0 Å². The van der Waals surface area contributed by atoms with Crippen LogP contribution in [0.5, 0.6) is 0 Å². The van der Waals surface area contributed by atoms with Crippen LogP contribution in [0, 0.1) is 5.92 Å². The van der Waals surface area contributed by atoms with Crippen LogP contribution in [0.2, 0.25) is 0 Å². The van der Waals surface area contributed by atoms with Gasteiger partial charge in [0.15, 0.2) is 0 Å². The van der Waals surface area contributed by atoms with Gasteiger partial charge < -0.3 is 10.0 Å². The van der Waals surface area contributed by atoms with Crippen molar-refractivity contribution in [3.05, 3.63) is 48.0 Å². The molecule has 1 N–H and O–H groups in total. The van der Waals surface area contributed by atoms with Crippen molar-refractivity contribution in [1.82, 2.24) is 4.90 Å². The zero-order valence-electron chi connectivity index (χ0n) is 11.9. The molecule has 1 atom stereocenters. The maximum Gasteiger partial charge on any atom is 0.226 e. The lowest BCUT2D eigenvalue weighted by Crippen LogP contribution is -2.39. The van der Waals surface area contributed by atoms with Gasteiger partial charge in [-0.25, -0.2) is 0 Å². The van der Waals surface area contributed by atoms with E-state index in [1.165, 1.54) is 5.56 Å². The third kappa shape index (κ3) is 4.20. The van der Waals surface area contributed by atoms with Gasteiger partial charge in [-0.2, -0.15) is 0 Å². The first-order valence-electron chi connectivity index (χ1n) is 7.40. The monoisotopic (exact) mass is 273 g/mol. The summed E-state index contributed by atoms with van der Waals surface area (Å²) in [5.41, 5.74) is 1.23. The van der Waals surface area contributed by atoms with Crippen LogP contribution in [0.15, 0.2) is 42.5 Å². The molecule has 108 valence electrons. The standard InChI is InChI=1S/C17H23NO2/c19-14-13-18(12-11-15-7-3-1-4-8-15)17(20)16-9-5-2-6-10-16/h1-5,7-8,16,19H,6,9-14H2. The number of aliphatic hydroxyl groups is 1. The zero-order valence-corrected chi connectivity index (χ0v) is 11.9. The maximum atomic E-state index is 12.5. The number of benzene rings is 1. The average molecular weight is 273 g/mol. The molecule has 0 spiro atoms. The summed E-state index contributed by atoms with van der Waals surface area (Å²) in [6.07, 6.45) is 7.84. The van der Waals surface area contributed by atoms with Crippen molar-refractivity contribution in [3.63, 3.8) is 0 Å². The average Bonchev–Trinajstić information content (AvgIpc) is 2.52. The lowest BCUT2D eigenvalue weighted by Gasteiger charge is -2.27. The first-order chi connectivity index (χ1) is 9.81. The highest BCUT2D eigenvalue weighted by molar-refractivity contribution is 5.79. The van der Waals surface area contributed by atoms with E-state index in [0.29, 0.717) is 13.1 Å². The van der Waals surface area contributed by atoms with Crippen LogP contribution in [0.25, 0.3) is 0 Å². The molecular weight excluding hydrogens is 250 g/mol. The summed E-state index contributed by atoms with van der Waals surface area (Å²) in [7, 11) is 0. The molecule has 0 fully saturated rings. The van der Waals surface area contributed by atoms with Crippen molar-refractivity contribution < 1.29 is 9.90 Å². The van der Waals surface area contributed by atoms with E-state index in [0.717, 1.165) is 25.7 Å². The number of carbonyl (C=O) groups excluding carboxylic acids is 1. The molecule has 1 aliphatic carbocycles. The van der Waals surface area contributed by atoms with Gasteiger partial charge in [-0.15, -0.1) is 0 Å². The van der Waals surface area contributed by atoms with Gasteiger partial charge >= 0.3 is 0 Å². The fourth-order valence-electron chi connectivity index (χ4n) is 2.64. The molecule has 3 nitrogen and oxygen atoms in total. The van der Waals surface area contributed by atoms with Gasteiger partial charge in [0, 0.05) is 19.0 Å². The van der Waals surface area contributed by atoms with Gasteiger partial charge in [0.2, 0.25) is 5.91 Å². The van der Waals surface area contributed by atoms with E-state index in [9.17, 15) is 9.90 Å². The molecule has 1 aromatic rings. The van der Waals surface area contributed by atoms with Crippen LogP contribution in [0.3, 0.4) is 0 Å². The first-order valence-corrected chi connectivity index (χ1v) is 7.40. The Morgan fingerprint density at radius 2 is 2.00 bits per heavy atom. The second kappa shape index (κ2) is 7.85. The molecule has 1 unspecified atom stereocenters. The highest BCUT2D eigenvalue weighted by atomic mass is 16.3. The fourth-order valence-corrected chi connectivity index (χ4v) is 2.64. The topological polar surface area (TPSA) is 40.5 Å². The number of nitrogens with zero attached hydrogens (tertiary/aromatic N) is 1. The normalized spacial score (nSPS) is 17.9. The summed E-state index contributed by atoms with van der Waals surface area (Å²) in [6.45, 7) is 1.15. The van der Waals surface area contributed by atoms with Crippen molar-refractivity contribution in [1.29, 1.82) is 0 Å². The molecular formula is C17H23NO2. The Morgan fingerprint density at radius 1 is 1.20 bits per heavy atom. The molecule has 3 heteroatoms. The Balaban J connectivity index is 1.92. The van der Waals surface area contributed by atoms with Crippen LogP contribution < -0.4 is 0 Å². The molecule has 0 aliphatic heterocycles. The van der Waals surface area contributed by atoms with E-state index in [4.69, 9.17) is 0 Å². The minimum atomic E-state index is 0.0308. The van der Waals surface area contributed by atoms with Crippen LogP contribution in [-0.2, 0) is 11.2 Å². The number of carbonyl (C=O) groups is 1. The molecule has 20 heavy (non-hydrogen) atoms. The number of hydrogen-bond acceptors (Lipinski definition) is 2. The number of hydrogen-bond donors (Lipinski definition) is 1. The van der Waals surface area contributed by atoms with Crippen LogP contribution in [-0.4, -0.2) is 35.6 Å². The third-order valence-corrected chi connectivity index (χ3v) is 3.81. The number of aliphatic hydroxyl groups excluding tert-OH is 1. The second-order valence-corrected chi connectivity index (χ2v) is 5.27. The third-order valence-electron chi connectivity index (χ3n) is 3.81. The summed E-state index contributed by atoms with van der Waals surface area (Å²) in [6, 6.07) is 10.2. The van der Waals surface area contributed by atoms with E-state index in [-0.39, 0.29) is 18.4 Å². The van der Waals surface area contributed by atoms with Crippen LogP contribution in [0.1, 0.15) is 24.8 Å². The summed E-state index contributed by atoms with van der Waals surface area (Å²) < 4.78 is 0. The summed E-state index contributed by atoms with van der Waals surface area (Å²) >= 11 is 0. The smallest absolute Gasteiger partial charge is 0.226 e. The predicted molar refractivity (Wildman–Crippen MR) is 80.3 cm³/mol. The summed E-state index contributed by atoms with van der Waals surface area (Å²) in [4.78, 5) is 14.3. The SMILES string of the molecule is O=C(C1CC=CCC1)N(CCO)CCc1ccccc1. The highest BCUT2D eigenvalue weighted by Crippen LogP contribution is 2.20. The minimum absolute atomic E-state index is 0.0308. The minimum Gasteiger partial charge on any atom is -0.395 e. The van der Waals surface area contributed by atoms with E-state index in [1.807, 2.05) is 23.1 Å². The van der Waals surface area contributed by atoms with Gasteiger partial charge in [-0.1, -0.05) is 42.5 Å². The van der Waals surface area contributed by atoms with Crippen molar-refractivity contribution >= 4 is 5.91 Å². The van der Waals surface area contributed by atoms with Gasteiger partial charge in [-0.3, -0.25) is 4.79 Å². The van der Waals surface area contributed by atoms with Gasteiger partial charge in [-0.05, 0) is 31.2 Å². The van der Waals surface area contributed by atoms with Gasteiger partial charge in [0.25, 0.3) is 0 Å². The molecule has 1 aromatic carbocycles. The quantitative estimate of drug-likeness (QED) is 0.809. The van der Waals surface area contributed by atoms with Crippen molar-refractivity contribution in [2.45, 2.75) is 25.7 Å². The Labute approximate surface area is 120 Å². The molecule has 0 aromatic heterocycles. The van der Waals surface area contributed by atoms with Crippen molar-refractivity contribution in [3.8, 4) is 0 Å². The van der Waals surface area contributed by atoms with Crippen LogP contribution >= 0.6 is 0 Å². The van der Waals surface area contributed by atoms with E-state index in [1.54, 1.807) is 0 Å². The van der Waals surface area contributed by atoms with Crippen molar-refractivity contribution in [2.24, 2.45) is 5.92 Å². The second-order valence-electron chi connectivity index (χ2n) is 5.27. The Morgan fingerprint density at radius 3 is 2.65 bits per heavy atom. The molecule has 0 radical (unpaired) electrons. The molecule has 0 saturated carbocycles. The number of allylic oxidation sites excluding steroid dienone is 2. The highest BCUT2D eigenvalue weighted by Gasteiger charge is 2.23. The van der Waals surface area contributed by atoms with E-state index in [2.05, 4.69) is 24.3 Å². The molecule has 1 aliphatic rings. The van der Waals surface area contributed by atoms with Gasteiger partial charge in [0.1, 0.15) is 0 Å². The Bertz CT molecular complexity index is 442.